The van der Waals surface area contributed by atoms with Crippen molar-refractivity contribution in [2.45, 2.75) is 96.5 Å². The van der Waals surface area contributed by atoms with E-state index in [1.807, 2.05) is 66.0 Å². The van der Waals surface area contributed by atoms with Crippen molar-refractivity contribution in [3.63, 3.8) is 0 Å². The van der Waals surface area contributed by atoms with Crippen LogP contribution in [0.3, 0.4) is 0 Å². The number of unbranched alkanes of at least 4 members (excludes halogenated alkanes) is 1. The number of alkyl carbamates (subject to hydrolysis) is 1. The van der Waals surface area contributed by atoms with Crippen LogP contribution in [0.25, 0.3) is 0 Å². The lowest BCUT2D eigenvalue weighted by molar-refractivity contribution is -0.125. The standard InChI is InChI=1S/C39H52N6O5S2/c1-5-6-19-49-25-35(44-38(47)45(4)23-33-26-51-37(42-33)28(2)3)36(46)41-31(20-29-13-9-7-10-14-29)17-18-32(21-30-15-11-8-12-16-30)43-39(48)50-24-34-22-40-27-52-34/h7-16,22,26-28,31-32,35H,5-6,17-21,23-25H2,1-4H3,(H,41,46)(H,43,48)(H,44,47)/t31-,32-,35-/m0/s1. The summed E-state index contributed by atoms with van der Waals surface area (Å²) < 4.78 is 11.4. The number of urea groups is 1. The molecule has 0 fully saturated rings. The van der Waals surface area contributed by atoms with Crippen LogP contribution >= 0.6 is 22.7 Å². The molecule has 0 aliphatic rings. The average molecular weight is 749 g/mol. The molecule has 0 saturated carbocycles. The minimum atomic E-state index is -0.910. The van der Waals surface area contributed by atoms with E-state index in [9.17, 15) is 14.4 Å². The van der Waals surface area contributed by atoms with Crippen molar-refractivity contribution in [2.24, 2.45) is 0 Å². The number of aromatic nitrogens is 2. The fraction of sp³-hybridized carbons (Fsp3) is 0.462. The van der Waals surface area contributed by atoms with Gasteiger partial charge in [-0.3, -0.25) is 9.78 Å². The first-order valence-corrected chi connectivity index (χ1v) is 19.7. The van der Waals surface area contributed by atoms with Crippen LogP contribution in [0.2, 0.25) is 0 Å². The van der Waals surface area contributed by atoms with Gasteiger partial charge in [0.25, 0.3) is 0 Å². The van der Waals surface area contributed by atoms with Crippen molar-refractivity contribution in [3.05, 3.63) is 104 Å². The van der Waals surface area contributed by atoms with Gasteiger partial charge in [0, 0.05) is 43.2 Å². The van der Waals surface area contributed by atoms with E-state index in [4.69, 9.17) is 9.47 Å². The summed E-state index contributed by atoms with van der Waals surface area (Å²) in [6.45, 7) is 7.24. The second-order valence-electron chi connectivity index (χ2n) is 13.2. The third-order valence-corrected chi connectivity index (χ3v) is 10.3. The number of hydrogen-bond acceptors (Lipinski definition) is 9. The largest absolute Gasteiger partial charge is 0.444 e. The van der Waals surface area contributed by atoms with Crippen LogP contribution in [0.1, 0.15) is 79.1 Å². The number of rotatable bonds is 21. The molecule has 280 valence electrons. The minimum absolute atomic E-state index is 0.0431. The fourth-order valence-corrected chi connectivity index (χ4v) is 6.81. The number of amides is 4. The maximum atomic E-state index is 14.0. The molecule has 2 aromatic heterocycles. The molecule has 2 heterocycles. The van der Waals surface area contributed by atoms with Gasteiger partial charge in [-0.05, 0) is 43.2 Å². The number of benzene rings is 2. The summed E-state index contributed by atoms with van der Waals surface area (Å²) in [5.74, 6) is -0.0195. The number of hydrogen-bond donors (Lipinski definition) is 3. The number of nitrogens with zero attached hydrogens (tertiary/aromatic N) is 3. The monoisotopic (exact) mass is 748 g/mol. The van der Waals surface area contributed by atoms with Crippen molar-refractivity contribution in [3.8, 4) is 0 Å². The zero-order valence-electron chi connectivity index (χ0n) is 30.6. The summed E-state index contributed by atoms with van der Waals surface area (Å²) in [4.78, 5) is 51.4. The highest BCUT2D eigenvalue weighted by atomic mass is 32.1. The number of carbonyl (C=O) groups is 3. The summed E-state index contributed by atoms with van der Waals surface area (Å²) in [6.07, 6.45) is 5.27. The lowest BCUT2D eigenvalue weighted by Crippen LogP contribution is -2.54. The van der Waals surface area contributed by atoms with Gasteiger partial charge in [0.1, 0.15) is 12.6 Å². The Morgan fingerprint density at radius 1 is 0.885 bits per heavy atom. The van der Waals surface area contributed by atoms with Crippen molar-refractivity contribution in [1.82, 2.24) is 30.8 Å². The Kier molecular flexibility index (Phi) is 17.0. The third-order valence-electron chi connectivity index (χ3n) is 8.36. The van der Waals surface area contributed by atoms with Crippen LogP contribution in [0.15, 0.2) is 77.8 Å². The van der Waals surface area contributed by atoms with E-state index in [-0.39, 0.29) is 37.2 Å². The van der Waals surface area contributed by atoms with E-state index in [2.05, 4.69) is 46.7 Å². The molecule has 2 aromatic carbocycles. The number of nitrogens with one attached hydrogen (secondary N) is 3. The topological polar surface area (TPSA) is 135 Å². The number of thiazole rings is 2. The Morgan fingerprint density at radius 3 is 2.12 bits per heavy atom. The molecule has 4 amide bonds. The molecule has 0 aliphatic heterocycles. The van der Waals surface area contributed by atoms with E-state index in [1.165, 1.54) is 16.2 Å². The molecule has 0 radical (unpaired) electrons. The van der Waals surface area contributed by atoms with Gasteiger partial charge in [-0.1, -0.05) is 87.9 Å². The number of carbonyl (C=O) groups excluding carboxylic acids is 3. The van der Waals surface area contributed by atoms with Gasteiger partial charge in [0.15, 0.2) is 0 Å². The van der Waals surface area contributed by atoms with Crippen LogP contribution in [-0.2, 0) is 40.3 Å². The molecule has 3 N–H and O–H groups in total. The van der Waals surface area contributed by atoms with Gasteiger partial charge in [-0.25, -0.2) is 14.6 Å². The van der Waals surface area contributed by atoms with Gasteiger partial charge in [0.05, 0.1) is 34.2 Å². The second-order valence-corrected chi connectivity index (χ2v) is 15.0. The van der Waals surface area contributed by atoms with Crippen LogP contribution in [-0.4, -0.2) is 71.3 Å². The molecule has 11 nitrogen and oxygen atoms in total. The molecule has 4 rings (SSSR count). The smallest absolute Gasteiger partial charge is 0.407 e. The van der Waals surface area contributed by atoms with Gasteiger partial charge in [-0.2, -0.15) is 0 Å². The summed E-state index contributed by atoms with van der Waals surface area (Å²) in [5, 5.41) is 12.2. The lowest BCUT2D eigenvalue weighted by Gasteiger charge is -2.27. The van der Waals surface area contributed by atoms with Gasteiger partial charge in [-0.15, -0.1) is 22.7 Å². The van der Waals surface area contributed by atoms with E-state index < -0.39 is 12.1 Å². The highest BCUT2D eigenvalue weighted by molar-refractivity contribution is 7.09. The molecule has 13 heteroatoms. The average Bonchev–Trinajstić information content (AvgIpc) is 3.84. The Morgan fingerprint density at radius 2 is 1.54 bits per heavy atom. The molecule has 0 bridgehead atoms. The Balaban J connectivity index is 1.45. The minimum Gasteiger partial charge on any atom is -0.444 e. The first-order valence-electron chi connectivity index (χ1n) is 17.9. The predicted molar refractivity (Wildman–Crippen MR) is 206 cm³/mol. The molecule has 0 saturated heterocycles. The first kappa shape index (κ1) is 40.4. The highest BCUT2D eigenvalue weighted by Crippen LogP contribution is 2.20. The van der Waals surface area contributed by atoms with Crippen LogP contribution in [0.5, 0.6) is 0 Å². The molecule has 0 spiro atoms. The molecular formula is C39H52N6O5S2. The maximum Gasteiger partial charge on any atom is 0.407 e. The second kappa shape index (κ2) is 21.9. The van der Waals surface area contributed by atoms with Crippen molar-refractivity contribution in [2.75, 3.05) is 20.3 Å². The van der Waals surface area contributed by atoms with Crippen LogP contribution in [0.4, 0.5) is 9.59 Å². The van der Waals surface area contributed by atoms with Crippen molar-refractivity contribution < 1.29 is 23.9 Å². The van der Waals surface area contributed by atoms with Crippen LogP contribution < -0.4 is 16.0 Å². The Bertz CT molecular complexity index is 1620. The molecule has 0 aliphatic carbocycles. The Labute approximate surface area is 315 Å². The molecule has 52 heavy (non-hydrogen) atoms. The summed E-state index contributed by atoms with van der Waals surface area (Å²) in [5.41, 5.74) is 4.65. The highest BCUT2D eigenvalue weighted by Gasteiger charge is 2.27. The van der Waals surface area contributed by atoms with Crippen molar-refractivity contribution in [1.29, 1.82) is 0 Å². The van der Waals surface area contributed by atoms with E-state index >= 15 is 0 Å². The normalized spacial score (nSPS) is 12.9. The summed E-state index contributed by atoms with van der Waals surface area (Å²) >= 11 is 3.01. The summed E-state index contributed by atoms with van der Waals surface area (Å²) in [6, 6.07) is 18.1. The zero-order valence-corrected chi connectivity index (χ0v) is 32.2. The third kappa shape index (κ3) is 14.4. The van der Waals surface area contributed by atoms with Gasteiger partial charge >= 0.3 is 12.1 Å². The quantitative estimate of drug-likeness (QED) is 0.0775. The molecular weight excluding hydrogens is 697 g/mol. The zero-order chi connectivity index (χ0) is 37.1. The lowest BCUT2D eigenvalue weighted by atomic mass is 9.96. The summed E-state index contributed by atoms with van der Waals surface area (Å²) in [7, 11) is 1.69. The van der Waals surface area contributed by atoms with Gasteiger partial charge < -0.3 is 30.3 Å². The molecule has 3 atom stereocenters. The Hall–Kier alpha value is -4.33. The maximum absolute atomic E-state index is 14.0. The van der Waals surface area contributed by atoms with E-state index in [0.29, 0.717) is 44.8 Å². The van der Waals surface area contributed by atoms with Crippen LogP contribution in [0, 0.1) is 0 Å². The molecule has 0 unspecified atom stereocenters. The van der Waals surface area contributed by atoms with Crippen molar-refractivity contribution >= 4 is 40.7 Å². The molecule has 4 aromatic rings. The number of ether oxygens (including phenoxy) is 2. The SMILES string of the molecule is CCCCOC[C@H](NC(=O)N(C)Cc1csc(C(C)C)n1)C(=O)N[C@@H](CC[C@@H](Cc1ccccc1)NC(=O)OCc1cncs1)Cc1ccccc1. The first-order chi connectivity index (χ1) is 25.2. The van der Waals surface area contributed by atoms with E-state index in [0.717, 1.165) is 39.5 Å². The van der Waals surface area contributed by atoms with Gasteiger partial charge in [0.2, 0.25) is 5.91 Å². The fourth-order valence-electron chi connectivity index (χ4n) is 5.48. The predicted octanol–water partition coefficient (Wildman–Crippen LogP) is 7.10. The van der Waals surface area contributed by atoms with E-state index in [1.54, 1.807) is 30.1 Å².